The molecule has 1 aliphatic heterocycles. The molecule has 0 spiro atoms. The van der Waals surface area contributed by atoms with Gasteiger partial charge in [-0.25, -0.2) is 9.67 Å². The first-order valence-corrected chi connectivity index (χ1v) is 7.33. The average Bonchev–Trinajstić information content (AvgIpc) is 3.24. The summed E-state index contributed by atoms with van der Waals surface area (Å²) in [6.07, 6.45) is 4.35. The number of nitrogens with one attached hydrogen (secondary N) is 1. The maximum atomic E-state index is 12.0. The van der Waals surface area contributed by atoms with Crippen LogP contribution in [0.4, 0.5) is 0 Å². The van der Waals surface area contributed by atoms with Crippen LogP contribution in [0.15, 0.2) is 36.9 Å². The fourth-order valence-electron chi connectivity index (χ4n) is 2.48. The lowest BCUT2D eigenvalue weighted by Crippen LogP contribution is -2.35. The van der Waals surface area contributed by atoms with Crippen LogP contribution in [0.25, 0.3) is 5.69 Å². The second-order valence-electron chi connectivity index (χ2n) is 5.28. The van der Waals surface area contributed by atoms with Gasteiger partial charge in [0.25, 0.3) is 0 Å². The molecule has 0 unspecified atom stereocenters. The van der Waals surface area contributed by atoms with Gasteiger partial charge in [0.05, 0.1) is 11.8 Å². The minimum absolute atomic E-state index is 0. The van der Waals surface area contributed by atoms with Gasteiger partial charge in [0.15, 0.2) is 0 Å². The summed E-state index contributed by atoms with van der Waals surface area (Å²) in [5.41, 5.74) is 7.49. The Bertz CT molecular complexity index is 621. The van der Waals surface area contributed by atoms with E-state index in [2.05, 4.69) is 15.4 Å². The van der Waals surface area contributed by atoms with E-state index in [-0.39, 0.29) is 42.9 Å². The highest BCUT2D eigenvalue weighted by molar-refractivity contribution is 5.85. The molecule has 0 saturated carbocycles. The SMILES string of the molecule is Cl.Cl.NC[C@H]1CC[C@@H](C(=O)NCc2ccc(-n3cncn3)cc2)O1. The van der Waals surface area contributed by atoms with Gasteiger partial charge in [0, 0.05) is 13.1 Å². The smallest absolute Gasteiger partial charge is 0.249 e. The van der Waals surface area contributed by atoms with Gasteiger partial charge < -0.3 is 15.8 Å². The topological polar surface area (TPSA) is 95.1 Å². The van der Waals surface area contributed by atoms with E-state index >= 15 is 0 Å². The first-order valence-electron chi connectivity index (χ1n) is 7.33. The molecule has 1 fully saturated rings. The van der Waals surface area contributed by atoms with Crippen molar-refractivity contribution in [3.8, 4) is 5.69 Å². The molecule has 3 rings (SSSR count). The zero-order valence-electron chi connectivity index (χ0n) is 13.0. The fraction of sp³-hybridized carbons (Fsp3) is 0.400. The molecule has 1 aromatic carbocycles. The van der Waals surface area contributed by atoms with Crippen LogP contribution in [0.5, 0.6) is 0 Å². The molecule has 3 N–H and O–H groups in total. The molecule has 0 bridgehead atoms. The van der Waals surface area contributed by atoms with E-state index in [0.717, 1.165) is 24.1 Å². The summed E-state index contributed by atoms with van der Waals surface area (Å²) in [5.74, 6) is -0.0729. The van der Waals surface area contributed by atoms with Gasteiger partial charge in [-0.05, 0) is 30.5 Å². The van der Waals surface area contributed by atoms with E-state index in [1.54, 1.807) is 11.0 Å². The number of benzene rings is 1. The van der Waals surface area contributed by atoms with Crippen LogP contribution in [0.3, 0.4) is 0 Å². The maximum absolute atomic E-state index is 12.0. The van der Waals surface area contributed by atoms with Crippen LogP contribution in [0, 0.1) is 0 Å². The lowest BCUT2D eigenvalue weighted by molar-refractivity contribution is -0.132. The van der Waals surface area contributed by atoms with Gasteiger partial charge in [0.1, 0.15) is 18.8 Å². The van der Waals surface area contributed by atoms with Crippen LogP contribution in [0.1, 0.15) is 18.4 Å². The molecule has 1 aliphatic rings. The third-order valence-corrected chi connectivity index (χ3v) is 3.75. The lowest BCUT2D eigenvalue weighted by Gasteiger charge is -2.13. The molecule has 9 heteroatoms. The van der Waals surface area contributed by atoms with Gasteiger partial charge in [0.2, 0.25) is 5.91 Å². The molecule has 1 saturated heterocycles. The number of hydrogen-bond donors (Lipinski definition) is 2. The van der Waals surface area contributed by atoms with Crippen molar-refractivity contribution in [3.63, 3.8) is 0 Å². The molecule has 2 heterocycles. The second-order valence-corrected chi connectivity index (χ2v) is 5.28. The van der Waals surface area contributed by atoms with Crippen LogP contribution in [-0.2, 0) is 16.1 Å². The van der Waals surface area contributed by atoms with Crippen LogP contribution < -0.4 is 11.1 Å². The van der Waals surface area contributed by atoms with Crippen LogP contribution in [0.2, 0.25) is 0 Å². The Morgan fingerprint density at radius 1 is 1.29 bits per heavy atom. The minimum Gasteiger partial charge on any atom is -0.364 e. The number of nitrogens with two attached hydrogens (primary N) is 1. The van der Waals surface area contributed by atoms with E-state index < -0.39 is 0 Å². The highest BCUT2D eigenvalue weighted by atomic mass is 35.5. The number of carbonyl (C=O) groups excluding carboxylic acids is 1. The average molecular weight is 374 g/mol. The predicted molar refractivity (Wildman–Crippen MR) is 94.7 cm³/mol. The van der Waals surface area contributed by atoms with Gasteiger partial charge in [-0.2, -0.15) is 5.10 Å². The van der Waals surface area contributed by atoms with Crippen molar-refractivity contribution in [1.82, 2.24) is 20.1 Å². The van der Waals surface area contributed by atoms with Crippen molar-refractivity contribution in [3.05, 3.63) is 42.5 Å². The third kappa shape index (κ3) is 4.91. The Labute approximate surface area is 152 Å². The Kier molecular flexibility index (Phi) is 8.14. The zero-order valence-corrected chi connectivity index (χ0v) is 14.6. The number of nitrogens with zero attached hydrogens (tertiary/aromatic N) is 3. The Morgan fingerprint density at radius 2 is 2.04 bits per heavy atom. The molecular formula is C15H21Cl2N5O2. The summed E-state index contributed by atoms with van der Waals surface area (Å²) in [7, 11) is 0. The van der Waals surface area contributed by atoms with E-state index in [1.807, 2.05) is 24.3 Å². The maximum Gasteiger partial charge on any atom is 0.249 e. The van der Waals surface area contributed by atoms with Crippen molar-refractivity contribution in [2.45, 2.75) is 31.6 Å². The normalized spacial score (nSPS) is 19.2. The Balaban J connectivity index is 0.00000144. The molecule has 132 valence electrons. The third-order valence-electron chi connectivity index (χ3n) is 3.75. The molecule has 24 heavy (non-hydrogen) atoms. The van der Waals surface area contributed by atoms with Crippen molar-refractivity contribution in [2.24, 2.45) is 5.73 Å². The van der Waals surface area contributed by atoms with E-state index in [4.69, 9.17) is 10.5 Å². The number of hydrogen-bond acceptors (Lipinski definition) is 5. The van der Waals surface area contributed by atoms with Gasteiger partial charge in [-0.3, -0.25) is 4.79 Å². The summed E-state index contributed by atoms with van der Waals surface area (Å²) in [6, 6.07) is 7.78. The summed E-state index contributed by atoms with van der Waals surface area (Å²) in [5, 5.41) is 6.97. The molecule has 0 aliphatic carbocycles. The van der Waals surface area contributed by atoms with Crippen molar-refractivity contribution in [1.29, 1.82) is 0 Å². The Morgan fingerprint density at radius 3 is 2.62 bits per heavy atom. The number of aromatic nitrogens is 3. The van der Waals surface area contributed by atoms with Crippen molar-refractivity contribution < 1.29 is 9.53 Å². The predicted octanol–water partition coefficient (Wildman–Crippen LogP) is 1.23. The summed E-state index contributed by atoms with van der Waals surface area (Å²) < 4.78 is 7.26. The van der Waals surface area contributed by atoms with Gasteiger partial charge in [-0.15, -0.1) is 24.8 Å². The number of carbonyl (C=O) groups is 1. The quantitative estimate of drug-likeness (QED) is 0.821. The highest BCUT2D eigenvalue weighted by Gasteiger charge is 2.29. The number of halogens is 2. The van der Waals surface area contributed by atoms with Crippen molar-refractivity contribution >= 4 is 30.7 Å². The minimum atomic E-state index is -0.372. The van der Waals surface area contributed by atoms with Gasteiger partial charge in [-0.1, -0.05) is 12.1 Å². The monoisotopic (exact) mass is 373 g/mol. The first-order chi connectivity index (χ1) is 10.8. The van der Waals surface area contributed by atoms with Gasteiger partial charge >= 0.3 is 0 Å². The molecule has 0 radical (unpaired) electrons. The number of amides is 1. The molecule has 2 aromatic rings. The number of rotatable bonds is 5. The Hall–Kier alpha value is -1.67. The number of ether oxygens (including phenoxy) is 1. The fourth-order valence-corrected chi connectivity index (χ4v) is 2.48. The molecule has 7 nitrogen and oxygen atoms in total. The summed E-state index contributed by atoms with van der Waals surface area (Å²) in [6.45, 7) is 0.942. The first kappa shape index (κ1) is 20.4. The lowest BCUT2D eigenvalue weighted by atomic mass is 10.1. The molecule has 2 atom stereocenters. The molecule has 1 amide bonds. The zero-order chi connectivity index (χ0) is 15.4. The summed E-state index contributed by atoms with van der Waals surface area (Å²) in [4.78, 5) is 15.9. The van der Waals surface area contributed by atoms with Crippen LogP contribution >= 0.6 is 24.8 Å². The molecular weight excluding hydrogens is 353 g/mol. The highest BCUT2D eigenvalue weighted by Crippen LogP contribution is 2.19. The largest absolute Gasteiger partial charge is 0.364 e. The summed E-state index contributed by atoms with van der Waals surface area (Å²) >= 11 is 0. The second kappa shape index (κ2) is 9.58. The van der Waals surface area contributed by atoms with E-state index in [9.17, 15) is 4.79 Å². The van der Waals surface area contributed by atoms with Crippen molar-refractivity contribution in [2.75, 3.05) is 6.54 Å². The standard InChI is InChI=1S/C15H19N5O2.2ClH/c16-7-13-5-6-14(22-13)15(21)18-8-11-1-3-12(4-2-11)20-10-17-9-19-20;;/h1-4,9-10,13-14H,5-8,16H2,(H,18,21);2*1H/t13-,14+;;/m1../s1. The van der Waals surface area contributed by atoms with Crippen LogP contribution in [-0.4, -0.2) is 39.4 Å². The molecule has 1 aromatic heterocycles. The van der Waals surface area contributed by atoms with E-state index in [1.165, 1.54) is 6.33 Å². The van der Waals surface area contributed by atoms with E-state index in [0.29, 0.717) is 13.1 Å².